The van der Waals surface area contributed by atoms with Crippen LogP contribution in [0.3, 0.4) is 0 Å². The number of rotatable bonds is 3. The van der Waals surface area contributed by atoms with Gasteiger partial charge in [0.1, 0.15) is 17.3 Å². The Kier molecular flexibility index (Phi) is 6.41. The Balaban J connectivity index is 2.12. The van der Waals surface area contributed by atoms with Crippen molar-refractivity contribution in [2.75, 3.05) is 0 Å². The number of fused-ring (bicyclic) bond motifs is 5. The molecule has 1 aliphatic carbocycles. The first-order valence-corrected chi connectivity index (χ1v) is 11.3. The maximum absolute atomic E-state index is 12.0. The van der Waals surface area contributed by atoms with Crippen LogP contribution in [-0.4, -0.2) is 46.6 Å². The summed E-state index contributed by atoms with van der Waals surface area (Å²) in [5.74, 6) is 0.164. The van der Waals surface area contributed by atoms with E-state index in [-0.39, 0.29) is 36.0 Å². The van der Waals surface area contributed by atoms with E-state index < -0.39 is 17.3 Å². The number of ether oxygens (including phenoxy) is 3. The summed E-state index contributed by atoms with van der Waals surface area (Å²) in [4.78, 5) is 24.0. The molecule has 1 saturated carbocycles. The largest absolute Gasteiger partial charge is 0.459 e. The minimum absolute atomic E-state index is 0.0514. The van der Waals surface area contributed by atoms with Crippen molar-refractivity contribution in [1.82, 2.24) is 0 Å². The molecule has 2 aliphatic heterocycles. The van der Waals surface area contributed by atoms with Crippen LogP contribution in [0.4, 0.5) is 0 Å². The zero-order chi connectivity index (χ0) is 22.4. The predicted molar refractivity (Wildman–Crippen MR) is 113 cm³/mol. The number of carbonyl (C=O) groups is 2. The quantitative estimate of drug-likeness (QED) is 0.550. The predicted octanol–water partition coefficient (Wildman–Crippen LogP) is 3.80. The lowest BCUT2D eigenvalue weighted by Gasteiger charge is -2.50. The summed E-state index contributed by atoms with van der Waals surface area (Å²) >= 11 is 0. The molecule has 3 aliphatic rings. The Bertz CT molecular complexity index is 702. The molecule has 2 saturated heterocycles. The van der Waals surface area contributed by atoms with E-state index in [1.165, 1.54) is 13.8 Å². The van der Waals surface area contributed by atoms with Gasteiger partial charge in [0.25, 0.3) is 0 Å². The van der Waals surface area contributed by atoms with Crippen LogP contribution in [-0.2, 0) is 23.8 Å². The monoisotopic (exact) mass is 422 g/mol. The van der Waals surface area contributed by atoms with Crippen LogP contribution >= 0.6 is 0 Å². The number of carbonyl (C=O) groups excluding carboxylic acids is 2. The summed E-state index contributed by atoms with van der Waals surface area (Å²) in [7, 11) is 0. The zero-order valence-corrected chi connectivity index (χ0v) is 19.3. The molecule has 8 atom stereocenters. The first-order valence-electron chi connectivity index (χ1n) is 11.3. The van der Waals surface area contributed by atoms with Crippen LogP contribution in [0.5, 0.6) is 0 Å². The van der Waals surface area contributed by atoms with Crippen molar-refractivity contribution in [3.63, 3.8) is 0 Å². The van der Waals surface area contributed by atoms with Gasteiger partial charge in [-0.3, -0.25) is 9.59 Å². The van der Waals surface area contributed by atoms with Crippen molar-refractivity contribution in [3.05, 3.63) is 12.2 Å². The maximum atomic E-state index is 12.0. The molecule has 2 heterocycles. The Labute approximate surface area is 180 Å². The van der Waals surface area contributed by atoms with E-state index in [2.05, 4.69) is 20.4 Å². The topological polar surface area (TPSA) is 82.1 Å². The third kappa shape index (κ3) is 4.18. The molecular formula is C24H38O6. The summed E-state index contributed by atoms with van der Waals surface area (Å²) in [6.07, 6.45) is 1.92. The van der Waals surface area contributed by atoms with Gasteiger partial charge in [-0.25, -0.2) is 0 Å². The van der Waals surface area contributed by atoms with E-state index in [0.717, 1.165) is 18.4 Å². The Morgan fingerprint density at radius 2 is 1.67 bits per heavy atom. The van der Waals surface area contributed by atoms with Gasteiger partial charge in [0, 0.05) is 25.7 Å². The molecule has 2 bridgehead atoms. The number of aliphatic hydroxyl groups is 1. The van der Waals surface area contributed by atoms with Crippen LogP contribution < -0.4 is 0 Å². The van der Waals surface area contributed by atoms with Crippen molar-refractivity contribution in [1.29, 1.82) is 0 Å². The van der Waals surface area contributed by atoms with Crippen LogP contribution in [0.25, 0.3) is 0 Å². The van der Waals surface area contributed by atoms with Gasteiger partial charge < -0.3 is 19.3 Å². The van der Waals surface area contributed by atoms with E-state index >= 15 is 0 Å². The average Bonchev–Trinajstić information content (AvgIpc) is 3.00. The molecule has 30 heavy (non-hydrogen) atoms. The minimum atomic E-state index is -0.864. The maximum Gasteiger partial charge on any atom is 0.303 e. The Morgan fingerprint density at radius 3 is 2.23 bits per heavy atom. The van der Waals surface area contributed by atoms with Gasteiger partial charge in [0.15, 0.2) is 0 Å². The lowest BCUT2D eigenvalue weighted by atomic mass is 9.57. The molecule has 0 aromatic rings. The Morgan fingerprint density at radius 1 is 1.10 bits per heavy atom. The molecular weight excluding hydrogens is 384 g/mol. The molecule has 0 radical (unpaired) electrons. The minimum Gasteiger partial charge on any atom is -0.459 e. The second-order valence-electron chi connectivity index (χ2n) is 10.4. The molecule has 1 N–H and O–H groups in total. The van der Waals surface area contributed by atoms with E-state index in [9.17, 15) is 14.7 Å². The highest BCUT2D eigenvalue weighted by molar-refractivity contribution is 5.67. The van der Waals surface area contributed by atoms with E-state index in [0.29, 0.717) is 31.1 Å². The number of esters is 2. The van der Waals surface area contributed by atoms with Gasteiger partial charge in [-0.05, 0) is 63.4 Å². The summed E-state index contributed by atoms with van der Waals surface area (Å²) in [5.41, 5.74) is -0.803. The summed E-state index contributed by atoms with van der Waals surface area (Å²) in [5, 5.41) is 10.6. The van der Waals surface area contributed by atoms with Gasteiger partial charge in [-0.2, -0.15) is 0 Å². The van der Waals surface area contributed by atoms with Gasteiger partial charge in [0.2, 0.25) is 0 Å². The van der Waals surface area contributed by atoms with Gasteiger partial charge in [-0.15, -0.1) is 0 Å². The second kappa shape index (κ2) is 8.27. The fourth-order valence-electron chi connectivity index (χ4n) is 6.46. The van der Waals surface area contributed by atoms with Gasteiger partial charge >= 0.3 is 11.9 Å². The lowest BCUT2D eigenvalue weighted by molar-refractivity contribution is -0.181. The average molecular weight is 423 g/mol. The van der Waals surface area contributed by atoms with Crippen molar-refractivity contribution >= 4 is 11.9 Å². The highest BCUT2D eigenvalue weighted by Gasteiger charge is 2.64. The standard InChI is InChI=1S/C24H38O6/c1-13(2)17-8-10-23(6,29-15(4)25)21-19-12-14(3)18(27)9-11-24(7,30-16(5)26)22(28-19)20(17)21/h13,17-22,27H,3,8-12H2,1-2,4-7H3/t17-,18+,19+,20-,21-,22+,23-,24-/m1/s1. The number of hydrogen-bond donors (Lipinski definition) is 1. The molecule has 3 rings (SSSR count). The highest BCUT2D eigenvalue weighted by Crippen LogP contribution is 2.58. The lowest BCUT2D eigenvalue weighted by Crippen LogP contribution is -2.56. The van der Waals surface area contributed by atoms with Crippen molar-refractivity contribution in [3.8, 4) is 0 Å². The van der Waals surface area contributed by atoms with E-state index in [4.69, 9.17) is 14.2 Å². The number of hydrogen-bond acceptors (Lipinski definition) is 6. The number of aliphatic hydroxyl groups excluding tert-OH is 1. The smallest absolute Gasteiger partial charge is 0.303 e. The molecule has 0 unspecified atom stereocenters. The third-order valence-corrected chi connectivity index (χ3v) is 7.72. The Hall–Kier alpha value is -1.40. The van der Waals surface area contributed by atoms with E-state index in [1.54, 1.807) is 0 Å². The normalized spacial score (nSPS) is 43.9. The van der Waals surface area contributed by atoms with Crippen molar-refractivity contribution in [2.45, 2.75) is 103 Å². The first-order chi connectivity index (χ1) is 13.9. The molecule has 0 aromatic carbocycles. The molecule has 6 nitrogen and oxygen atoms in total. The van der Waals surface area contributed by atoms with Crippen LogP contribution in [0, 0.1) is 23.7 Å². The SMILES string of the molecule is C=C1C[C@@H]2O[C@@H]([C@H]3[C@@H]2[C@](C)(OC(C)=O)CC[C@@H]3C(C)C)[C@](C)(OC(C)=O)CC[C@@H]1O. The highest BCUT2D eigenvalue weighted by atomic mass is 16.6. The summed E-state index contributed by atoms with van der Waals surface area (Å²) in [6, 6.07) is 0. The molecule has 0 spiro atoms. The zero-order valence-electron chi connectivity index (χ0n) is 19.3. The fraction of sp³-hybridized carbons (Fsp3) is 0.833. The van der Waals surface area contributed by atoms with Crippen LogP contribution in [0.15, 0.2) is 12.2 Å². The molecule has 0 aromatic heterocycles. The summed E-state index contributed by atoms with van der Waals surface area (Å²) < 4.78 is 18.5. The molecule has 3 fully saturated rings. The molecule has 170 valence electrons. The van der Waals surface area contributed by atoms with Gasteiger partial charge in [-0.1, -0.05) is 20.4 Å². The van der Waals surface area contributed by atoms with Crippen molar-refractivity contribution in [2.24, 2.45) is 23.7 Å². The first kappa shape index (κ1) is 23.3. The third-order valence-electron chi connectivity index (χ3n) is 7.72. The van der Waals surface area contributed by atoms with Crippen LogP contribution in [0.1, 0.15) is 73.6 Å². The molecule has 0 amide bonds. The fourth-order valence-corrected chi connectivity index (χ4v) is 6.46. The van der Waals surface area contributed by atoms with E-state index in [1.807, 2.05) is 13.8 Å². The molecule has 6 heteroatoms. The van der Waals surface area contributed by atoms with Crippen LogP contribution in [0.2, 0.25) is 0 Å². The van der Waals surface area contributed by atoms with Crippen molar-refractivity contribution < 1.29 is 28.9 Å². The second-order valence-corrected chi connectivity index (χ2v) is 10.4. The van der Waals surface area contributed by atoms with Gasteiger partial charge in [0.05, 0.1) is 12.2 Å². The summed E-state index contributed by atoms with van der Waals surface area (Å²) in [6.45, 7) is 15.4.